The van der Waals surface area contributed by atoms with E-state index in [1.165, 1.54) is 0 Å². The summed E-state index contributed by atoms with van der Waals surface area (Å²) in [5.41, 5.74) is -2.29. The molecule has 0 amide bonds. The largest absolute Gasteiger partial charge is 0.386 e. The molecule has 2 aliphatic carbocycles. The molecule has 0 spiro atoms. The molecule has 0 aromatic carbocycles. The SMILES string of the molecule is C=CCCCCCC1(O)C(O)(CC=C)C2CCC1(C)C2(C)C. The summed E-state index contributed by atoms with van der Waals surface area (Å²) in [5.74, 6) is 0.154. The number of unbranched alkanes of at least 4 members (excludes halogenated alkanes) is 3. The van der Waals surface area contributed by atoms with Crippen LogP contribution in [0.5, 0.6) is 0 Å². The molecule has 2 fully saturated rings. The number of hydrogen-bond donors (Lipinski definition) is 2. The van der Waals surface area contributed by atoms with Gasteiger partial charge in [-0.1, -0.05) is 45.8 Å². The van der Waals surface area contributed by atoms with Crippen molar-refractivity contribution in [2.24, 2.45) is 16.7 Å². The Morgan fingerprint density at radius 2 is 1.73 bits per heavy atom. The maximum absolute atomic E-state index is 11.7. The van der Waals surface area contributed by atoms with Crippen LogP contribution in [0.3, 0.4) is 0 Å². The monoisotopic (exact) mass is 306 g/mol. The third-order valence-electron chi connectivity index (χ3n) is 7.33. The molecule has 0 aromatic heterocycles. The molecule has 2 rings (SSSR count). The van der Waals surface area contributed by atoms with Crippen LogP contribution < -0.4 is 0 Å². The van der Waals surface area contributed by atoms with Crippen LogP contribution in [0.25, 0.3) is 0 Å². The first kappa shape index (κ1) is 17.7. The van der Waals surface area contributed by atoms with E-state index < -0.39 is 11.2 Å². The Morgan fingerprint density at radius 3 is 2.32 bits per heavy atom. The van der Waals surface area contributed by atoms with Crippen molar-refractivity contribution in [3.8, 4) is 0 Å². The van der Waals surface area contributed by atoms with Crippen molar-refractivity contribution in [1.82, 2.24) is 0 Å². The highest BCUT2D eigenvalue weighted by atomic mass is 16.4. The molecule has 4 unspecified atom stereocenters. The Kier molecular flexibility index (Phi) is 4.68. The second-order valence-electron chi connectivity index (χ2n) is 8.31. The number of hydrogen-bond acceptors (Lipinski definition) is 2. The average Bonchev–Trinajstić information content (AvgIpc) is 2.73. The van der Waals surface area contributed by atoms with E-state index in [2.05, 4.69) is 33.9 Å². The van der Waals surface area contributed by atoms with E-state index in [0.29, 0.717) is 12.8 Å². The van der Waals surface area contributed by atoms with Gasteiger partial charge in [0.15, 0.2) is 0 Å². The predicted molar refractivity (Wildman–Crippen MR) is 92.6 cm³/mol. The van der Waals surface area contributed by atoms with E-state index in [4.69, 9.17) is 0 Å². The minimum Gasteiger partial charge on any atom is -0.386 e. The first-order valence-corrected chi connectivity index (χ1v) is 8.88. The summed E-state index contributed by atoms with van der Waals surface area (Å²) in [6.07, 6.45) is 11.1. The molecule has 2 aliphatic rings. The fraction of sp³-hybridized carbons (Fsp3) is 0.800. The molecule has 2 saturated carbocycles. The second kappa shape index (κ2) is 5.79. The van der Waals surface area contributed by atoms with Crippen LogP contribution in [-0.4, -0.2) is 21.4 Å². The van der Waals surface area contributed by atoms with Crippen LogP contribution in [0.2, 0.25) is 0 Å². The second-order valence-corrected chi connectivity index (χ2v) is 8.31. The summed E-state index contributed by atoms with van der Waals surface area (Å²) in [6.45, 7) is 14.2. The topological polar surface area (TPSA) is 40.5 Å². The van der Waals surface area contributed by atoms with Crippen LogP contribution >= 0.6 is 0 Å². The lowest BCUT2D eigenvalue weighted by molar-refractivity contribution is -0.209. The van der Waals surface area contributed by atoms with Gasteiger partial charge in [0.1, 0.15) is 5.60 Å². The molecule has 22 heavy (non-hydrogen) atoms. The van der Waals surface area contributed by atoms with Crippen molar-refractivity contribution in [3.63, 3.8) is 0 Å². The summed E-state index contributed by atoms with van der Waals surface area (Å²) < 4.78 is 0. The Labute approximate surface area is 136 Å². The first-order valence-electron chi connectivity index (χ1n) is 8.88. The fourth-order valence-corrected chi connectivity index (χ4v) is 5.71. The van der Waals surface area contributed by atoms with Crippen LogP contribution in [-0.2, 0) is 0 Å². The number of aliphatic hydroxyl groups is 2. The van der Waals surface area contributed by atoms with Crippen molar-refractivity contribution < 1.29 is 10.2 Å². The molecule has 0 heterocycles. The smallest absolute Gasteiger partial charge is 0.101 e. The fourth-order valence-electron chi connectivity index (χ4n) is 5.71. The van der Waals surface area contributed by atoms with Crippen molar-refractivity contribution in [2.45, 2.75) is 83.3 Å². The lowest BCUT2D eigenvalue weighted by Gasteiger charge is -2.51. The molecule has 0 aliphatic heterocycles. The minimum absolute atomic E-state index is 0.0410. The first-order chi connectivity index (χ1) is 10.2. The molecule has 2 nitrogen and oxygen atoms in total. The number of fused-ring (bicyclic) bond motifs is 2. The van der Waals surface area contributed by atoms with Crippen molar-refractivity contribution in [1.29, 1.82) is 0 Å². The zero-order valence-corrected chi connectivity index (χ0v) is 14.7. The van der Waals surface area contributed by atoms with Crippen LogP contribution in [0, 0.1) is 16.7 Å². The van der Waals surface area contributed by atoms with Gasteiger partial charge in [-0.25, -0.2) is 0 Å². The van der Waals surface area contributed by atoms with Crippen LogP contribution in [0.4, 0.5) is 0 Å². The third kappa shape index (κ3) is 2.06. The number of allylic oxidation sites excluding steroid dienone is 1. The van der Waals surface area contributed by atoms with Gasteiger partial charge in [-0.3, -0.25) is 0 Å². The Balaban J connectivity index is 2.25. The lowest BCUT2D eigenvalue weighted by atomic mass is 9.60. The molecular formula is C20H34O2. The van der Waals surface area contributed by atoms with Gasteiger partial charge in [0.05, 0.1) is 5.60 Å². The van der Waals surface area contributed by atoms with E-state index >= 15 is 0 Å². The summed E-state index contributed by atoms with van der Waals surface area (Å²) in [4.78, 5) is 0. The standard InChI is InChI=1S/C20H34O2/c1-6-8-9-10-11-14-20(22)18(5)15-12-16(17(18,3)4)19(20,21)13-7-2/h6-7,16,21-22H,1-2,8-15H2,3-5H3. The van der Waals surface area contributed by atoms with Crippen LogP contribution in [0.1, 0.15) is 72.1 Å². The van der Waals surface area contributed by atoms with Crippen molar-refractivity contribution in [2.75, 3.05) is 0 Å². The van der Waals surface area contributed by atoms with Gasteiger partial charge in [0.2, 0.25) is 0 Å². The lowest BCUT2D eigenvalue weighted by Crippen LogP contribution is -2.61. The minimum atomic E-state index is -1.02. The van der Waals surface area contributed by atoms with Gasteiger partial charge in [0, 0.05) is 5.41 Å². The molecule has 126 valence electrons. The Morgan fingerprint density at radius 1 is 1.05 bits per heavy atom. The predicted octanol–water partition coefficient (Wildman–Crippen LogP) is 4.62. The molecule has 2 bridgehead atoms. The van der Waals surface area contributed by atoms with Gasteiger partial charge in [-0.15, -0.1) is 13.2 Å². The molecular weight excluding hydrogens is 272 g/mol. The van der Waals surface area contributed by atoms with Gasteiger partial charge in [-0.05, 0) is 49.9 Å². The molecule has 0 aromatic rings. The van der Waals surface area contributed by atoms with Crippen molar-refractivity contribution >= 4 is 0 Å². The van der Waals surface area contributed by atoms with Gasteiger partial charge < -0.3 is 10.2 Å². The van der Waals surface area contributed by atoms with Gasteiger partial charge in [-0.2, -0.15) is 0 Å². The normalized spacial score (nSPS) is 42.5. The summed E-state index contributed by atoms with van der Waals surface area (Å²) in [7, 11) is 0. The molecule has 0 radical (unpaired) electrons. The summed E-state index contributed by atoms with van der Waals surface area (Å²) in [6, 6.07) is 0. The van der Waals surface area contributed by atoms with Gasteiger partial charge >= 0.3 is 0 Å². The van der Waals surface area contributed by atoms with Crippen LogP contribution in [0.15, 0.2) is 25.3 Å². The Bertz CT molecular complexity index is 441. The highest BCUT2D eigenvalue weighted by molar-refractivity contribution is 5.29. The molecule has 2 N–H and O–H groups in total. The van der Waals surface area contributed by atoms with E-state index in [1.807, 2.05) is 6.08 Å². The zero-order valence-electron chi connectivity index (χ0n) is 14.7. The van der Waals surface area contributed by atoms with E-state index in [-0.39, 0.29) is 16.7 Å². The van der Waals surface area contributed by atoms with Crippen molar-refractivity contribution in [3.05, 3.63) is 25.3 Å². The average molecular weight is 306 g/mol. The molecule has 2 heteroatoms. The van der Waals surface area contributed by atoms with E-state index in [9.17, 15) is 10.2 Å². The molecule has 0 saturated heterocycles. The summed E-state index contributed by atoms with van der Waals surface area (Å²) >= 11 is 0. The Hall–Kier alpha value is -0.600. The summed E-state index contributed by atoms with van der Waals surface area (Å²) in [5, 5.41) is 23.1. The third-order valence-corrected chi connectivity index (χ3v) is 7.33. The number of rotatable bonds is 8. The highest BCUT2D eigenvalue weighted by Gasteiger charge is 2.78. The maximum atomic E-state index is 11.7. The van der Waals surface area contributed by atoms with Gasteiger partial charge in [0.25, 0.3) is 0 Å². The quantitative estimate of drug-likeness (QED) is 0.507. The zero-order chi connectivity index (χ0) is 16.6. The molecule has 4 atom stereocenters. The maximum Gasteiger partial charge on any atom is 0.101 e. The van der Waals surface area contributed by atoms with E-state index in [1.54, 1.807) is 6.08 Å². The van der Waals surface area contributed by atoms with E-state index in [0.717, 1.165) is 38.5 Å². The highest BCUT2D eigenvalue weighted by Crippen LogP contribution is 2.74.